The minimum Gasteiger partial charge on any atom is -0.493 e. The van der Waals surface area contributed by atoms with Crippen LogP contribution < -0.4 is 4.74 Å². The Hall–Kier alpha value is -2.35. The third kappa shape index (κ3) is 5.29. The van der Waals surface area contributed by atoms with Crippen LogP contribution in [0, 0.1) is 6.92 Å². The Kier molecular flexibility index (Phi) is 7.09. The van der Waals surface area contributed by atoms with Crippen LogP contribution >= 0.6 is 23.2 Å². The van der Waals surface area contributed by atoms with Crippen LogP contribution in [0.1, 0.15) is 35.8 Å². The number of halogens is 2. The van der Waals surface area contributed by atoms with Crippen LogP contribution in [0.5, 0.6) is 5.75 Å². The Morgan fingerprint density at radius 1 is 1.19 bits per heavy atom. The Morgan fingerprint density at radius 2 is 1.94 bits per heavy atom. The number of aromatic carboxylic acids is 1. The monoisotopic (exact) mass is 481 g/mol. The molecule has 164 valence electrons. The number of sulfone groups is 1. The summed E-state index contributed by atoms with van der Waals surface area (Å²) in [7, 11) is -3.45. The minimum absolute atomic E-state index is 0.185. The van der Waals surface area contributed by atoms with Crippen LogP contribution in [0.15, 0.2) is 47.4 Å². The fourth-order valence-corrected chi connectivity index (χ4v) is 5.34. The fraction of sp³-hybridized carbons (Fsp3) is 0.273. The summed E-state index contributed by atoms with van der Waals surface area (Å²) in [6.45, 7) is 3.70. The van der Waals surface area contributed by atoms with Crippen molar-refractivity contribution in [3.63, 3.8) is 0 Å². The number of carboxylic acids is 1. The van der Waals surface area contributed by atoms with E-state index in [2.05, 4.69) is 4.98 Å². The van der Waals surface area contributed by atoms with E-state index in [0.717, 1.165) is 5.56 Å². The molecule has 0 bridgehead atoms. The van der Waals surface area contributed by atoms with E-state index in [1.807, 2.05) is 13.0 Å². The first-order valence-corrected chi connectivity index (χ1v) is 11.9. The second kappa shape index (κ2) is 9.42. The number of nitrogens with zero attached hydrogens (tertiary/aromatic N) is 1. The van der Waals surface area contributed by atoms with Gasteiger partial charge in [-0.3, -0.25) is 0 Å². The minimum atomic E-state index is -3.45. The zero-order valence-electron chi connectivity index (χ0n) is 16.9. The van der Waals surface area contributed by atoms with Gasteiger partial charge in [0.1, 0.15) is 5.75 Å². The molecule has 31 heavy (non-hydrogen) atoms. The summed E-state index contributed by atoms with van der Waals surface area (Å²) in [6, 6.07) is 11.2. The van der Waals surface area contributed by atoms with Crippen LogP contribution in [0.25, 0.3) is 10.9 Å². The van der Waals surface area contributed by atoms with Crippen molar-refractivity contribution in [2.75, 3.05) is 6.61 Å². The van der Waals surface area contributed by atoms with Gasteiger partial charge in [-0.15, -0.1) is 0 Å². The number of pyridine rings is 1. The van der Waals surface area contributed by atoms with Gasteiger partial charge in [0.2, 0.25) is 0 Å². The molecule has 1 atom stereocenters. The van der Waals surface area contributed by atoms with Crippen molar-refractivity contribution in [1.29, 1.82) is 0 Å². The van der Waals surface area contributed by atoms with E-state index in [4.69, 9.17) is 27.9 Å². The van der Waals surface area contributed by atoms with Gasteiger partial charge < -0.3 is 9.84 Å². The van der Waals surface area contributed by atoms with Gasteiger partial charge in [-0.25, -0.2) is 18.2 Å². The number of carboxylic acid groups (broad SMARTS) is 1. The molecule has 3 rings (SSSR count). The molecule has 9 heteroatoms. The highest BCUT2D eigenvalue weighted by atomic mass is 35.5. The highest BCUT2D eigenvalue weighted by Crippen LogP contribution is 2.35. The van der Waals surface area contributed by atoms with Gasteiger partial charge in [0.25, 0.3) is 0 Å². The molecule has 3 aromatic rings. The quantitative estimate of drug-likeness (QED) is 0.422. The zero-order valence-corrected chi connectivity index (χ0v) is 19.3. The van der Waals surface area contributed by atoms with E-state index in [-0.39, 0.29) is 23.1 Å². The number of hydrogen-bond acceptors (Lipinski definition) is 5. The third-order valence-electron chi connectivity index (χ3n) is 4.87. The smallest absolute Gasteiger partial charge is 0.354 e. The number of fused-ring (bicyclic) bond motifs is 1. The number of aryl methyl sites for hydroxylation is 1. The molecule has 1 aromatic heterocycles. The Bertz CT molecular complexity index is 1240. The van der Waals surface area contributed by atoms with Gasteiger partial charge in [-0.1, -0.05) is 35.3 Å². The largest absolute Gasteiger partial charge is 0.493 e. The van der Waals surface area contributed by atoms with Crippen molar-refractivity contribution in [3.8, 4) is 5.75 Å². The molecule has 6 nitrogen and oxygen atoms in total. The molecule has 0 saturated heterocycles. The predicted molar refractivity (Wildman–Crippen MR) is 121 cm³/mol. The van der Waals surface area contributed by atoms with Crippen molar-refractivity contribution >= 4 is 49.9 Å². The van der Waals surface area contributed by atoms with E-state index < -0.39 is 21.1 Å². The normalized spacial score (nSPS) is 12.6. The van der Waals surface area contributed by atoms with Gasteiger partial charge in [0.05, 0.1) is 32.7 Å². The maximum Gasteiger partial charge on any atom is 0.354 e. The van der Waals surface area contributed by atoms with Crippen LogP contribution in [0.2, 0.25) is 10.0 Å². The van der Waals surface area contributed by atoms with E-state index in [9.17, 15) is 18.3 Å². The van der Waals surface area contributed by atoms with Crippen LogP contribution in [-0.4, -0.2) is 36.3 Å². The molecule has 0 aliphatic carbocycles. The maximum atomic E-state index is 12.8. The summed E-state index contributed by atoms with van der Waals surface area (Å²) < 4.78 is 31.3. The Morgan fingerprint density at radius 3 is 2.61 bits per heavy atom. The van der Waals surface area contributed by atoms with Gasteiger partial charge in [-0.05, 0) is 56.5 Å². The number of benzene rings is 2. The molecule has 0 radical (unpaired) electrons. The first-order valence-electron chi connectivity index (χ1n) is 9.56. The summed E-state index contributed by atoms with van der Waals surface area (Å²) in [5, 5.41) is 9.80. The first-order chi connectivity index (χ1) is 14.6. The number of ether oxygens (including phenoxy) is 1. The topological polar surface area (TPSA) is 93.6 Å². The van der Waals surface area contributed by atoms with Crippen molar-refractivity contribution in [2.24, 2.45) is 0 Å². The molecule has 1 heterocycles. The molecule has 2 aromatic carbocycles. The van der Waals surface area contributed by atoms with Crippen molar-refractivity contribution < 1.29 is 23.1 Å². The maximum absolute atomic E-state index is 12.8. The first kappa shape index (κ1) is 23.3. The molecule has 0 saturated carbocycles. The number of carbonyl (C=O) groups is 1. The lowest BCUT2D eigenvalue weighted by molar-refractivity contribution is 0.0690. The molecule has 1 N–H and O–H groups in total. The summed E-state index contributed by atoms with van der Waals surface area (Å²) in [5.41, 5.74) is 0.992. The van der Waals surface area contributed by atoms with E-state index in [0.29, 0.717) is 33.7 Å². The fourth-order valence-electron chi connectivity index (χ4n) is 3.21. The third-order valence-corrected chi connectivity index (χ3v) is 7.59. The lowest BCUT2D eigenvalue weighted by atomic mass is 10.1. The molecule has 0 aliphatic rings. The molecule has 0 aliphatic heterocycles. The summed E-state index contributed by atoms with van der Waals surface area (Å²) in [4.78, 5) is 15.8. The predicted octanol–water partition coefficient (Wildman–Crippen LogP) is 5.57. The zero-order chi connectivity index (χ0) is 22.8. The molecule has 1 unspecified atom stereocenters. The second-order valence-corrected chi connectivity index (χ2v) is 10.5. The van der Waals surface area contributed by atoms with Crippen LogP contribution in [-0.2, 0) is 9.84 Å². The number of rotatable bonds is 8. The van der Waals surface area contributed by atoms with Gasteiger partial charge in [-0.2, -0.15) is 0 Å². The number of aromatic nitrogens is 1. The standard InChI is InChI=1S/C22H21Cl2NO5S/c1-13-5-3-7-16(9-13)31(28,29)14(2)6-4-8-30-20-12-19(22(26)27)25-18-11-15(23)10-17(24)21(18)20/h3,5,7,9-12,14H,4,6,8H2,1-2H3,(H,26,27). The lowest BCUT2D eigenvalue weighted by Crippen LogP contribution is -2.19. The average Bonchev–Trinajstić information content (AvgIpc) is 2.70. The molecule has 0 fully saturated rings. The van der Waals surface area contributed by atoms with Crippen LogP contribution in [0.4, 0.5) is 0 Å². The summed E-state index contributed by atoms with van der Waals surface area (Å²) in [6.07, 6.45) is 0.828. The number of hydrogen-bond donors (Lipinski definition) is 1. The molecular weight excluding hydrogens is 461 g/mol. The van der Waals surface area contributed by atoms with E-state index in [1.165, 1.54) is 18.2 Å². The van der Waals surface area contributed by atoms with Gasteiger partial charge >= 0.3 is 5.97 Å². The van der Waals surface area contributed by atoms with Gasteiger partial charge in [0.15, 0.2) is 15.5 Å². The van der Waals surface area contributed by atoms with Crippen LogP contribution in [0.3, 0.4) is 0 Å². The van der Waals surface area contributed by atoms with E-state index in [1.54, 1.807) is 25.1 Å². The summed E-state index contributed by atoms with van der Waals surface area (Å²) in [5.74, 6) is -0.945. The molecule has 0 amide bonds. The Labute approximate surface area is 190 Å². The van der Waals surface area contributed by atoms with E-state index >= 15 is 0 Å². The van der Waals surface area contributed by atoms with Gasteiger partial charge in [0, 0.05) is 11.1 Å². The second-order valence-electron chi connectivity index (χ2n) is 7.26. The molecular formula is C22H21Cl2NO5S. The van der Waals surface area contributed by atoms with Crippen molar-refractivity contribution in [3.05, 3.63) is 63.8 Å². The highest BCUT2D eigenvalue weighted by Gasteiger charge is 2.23. The summed E-state index contributed by atoms with van der Waals surface area (Å²) >= 11 is 12.3. The average molecular weight is 482 g/mol. The SMILES string of the molecule is Cc1cccc(S(=O)(=O)C(C)CCCOc2cc(C(=O)O)nc3cc(Cl)cc(Cl)c23)c1. The lowest BCUT2D eigenvalue weighted by Gasteiger charge is -2.15. The Balaban J connectivity index is 1.74. The highest BCUT2D eigenvalue weighted by molar-refractivity contribution is 7.92. The molecule has 0 spiro atoms. The van der Waals surface area contributed by atoms with Crippen molar-refractivity contribution in [1.82, 2.24) is 4.98 Å². The van der Waals surface area contributed by atoms with Crippen molar-refractivity contribution in [2.45, 2.75) is 36.8 Å².